The van der Waals surface area contributed by atoms with E-state index in [0.717, 1.165) is 12.4 Å². The summed E-state index contributed by atoms with van der Waals surface area (Å²) in [6.07, 6.45) is -2.19. The molecule has 0 saturated carbocycles. The Hall–Kier alpha value is -2.19. The van der Waals surface area contributed by atoms with Gasteiger partial charge in [-0.25, -0.2) is 14.8 Å². The number of halogens is 3. The fraction of sp³-hybridized carbons (Fsp3) is 0.455. The summed E-state index contributed by atoms with van der Waals surface area (Å²) in [4.78, 5) is 30.1. The largest absolute Gasteiger partial charge is 0.478 e. The number of nitrogens with zero attached hydrogens (tertiary/aromatic N) is 3. The Morgan fingerprint density at radius 2 is 1.90 bits per heavy atom. The van der Waals surface area contributed by atoms with Crippen molar-refractivity contribution in [1.82, 2.24) is 14.9 Å². The van der Waals surface area contributed by atoms with Crippen LogP contribution in [0.2, 0.25) is 0 Å². The fourth-order valence-corrected chi connectivity index (χ4v) is 2.06. The summed E-state index contributed by atoms with van der Waals surface area (Å²) < 4.78 is 37.4. The maximum absolute atomic E-state index is 12.5. The number of amides is 1. The zero-order chi connectivity index (χ0) is 14.9. The van der Waals surface area contributed by atoms with E-state index in [1.54, 1.807) is 0 Å². The van der Waals surface area contributed by atoms with E-state index in [0.29, 0.717) is 17.7 Å². The first kappa shape index (κ1) is 14.2. The van der Waals surface area contributed by atoms with Crippen LogP contribution in [0.5, 0.6) is 0 Å². The lowest BCUT2D eigenvalue weighted by atomic mass is 10.2. The van der Waals surface area contributed by atoms with Crippen molar-refractivity contribution in [2.45, 2.75) is 25.1 Å². The number of carbonyl (C=O) groups is 2. The Labute approximate surface area is 111 Å². The summed E-state index contributed by atoms with van der Waals surface area (Å²) in [7, 11) is 0. The maximum atomic E-state index is 12.5. The van der Waals surface area contributed by atoms with Crippen LogP contribution < -0.4 is 0 Å². The summed E-state index contributed by atoms with van der Waals surface area (Å²) in [5.74, 6) is -3.14. The molecule has 1 aromatic rings. The normalized spacial score (nSPS) is 19.1. The van der Waals surface area contributed by atoms with E-state index in [9.17, 15) is 22.8 Å². The first-order chi connectivity index (χ1) is 9.30. The number of carboxylic acids is 1. The van der Waals surface area contributed by atoms with Gasteiger partial charge in [0, 0.05) is 18.9 Å². The first-order valence-electron chi connectivity index (χ1n) is 5.73. The fourth-order valence-electron chi connectivity index (χ4n) is 2.06. The minimum atomic E-state index is -4.94. The molecule has 1 fully saturated rings. The van der Waals surface area contributed by atoms with Crippen LogP contribution in [-0.2, 0) is 4.79 Å². The van der Waals surface area contributed by atoms with Gasteiger partial charge in [-0.3, -0.25) is 4.79 Å². The molecule has 1 aromatic heterocycles. The van der Waals surface area contributed by atoms with Crippen molar-refractivity contribution in [1.29, 1.82) is 0 Å². The minimum Gasteiger partial charge on any atom is -0.478 e. The van der Waals surface area contributed by atoms with E-state index < -0.39 is 24.1 Å². The minimum absolute atomic E-state index is 0.0186. The van der Waals surface area contributed by atoms with E-state index >= 15 is 0 Å². The summed E-state index contributed by atoms with van der Waals surface area (Å²) in [6, 6.07) is -0.869. The third-order valence-electron chi connectivity index (χ3n) is 2.97. The molecule has 0 aromatic carbocycles. The summed E-state index contributed by atoms with van der Waals surface area (Å²) >= 11 is 0. The second kappa shape index (κ2) is 5.06. The molecule has 1 amide bonds. The highest BCUT2D eigenvalue weighted by molar-refractivity contribution is 5.86. The van der Waals surface area contributed by atoms with Crippen molar-refractivity contribution in [3.8, 4) is 0 Å². The van der Waals surface area contributed by atoms with Gasteiger partial charge in [-0.2, -0.15) is 13.2 Å². The van der Waals surface area contributed by atoms with Gasteiger partial charge in [0.2, 0.25) is 0 Å². The standard InChI is InChI=1S/C11H10F3N3O3/c12-11(13,14)10(20)17-3-1-2-7(17)8-15-4-6(5-16-8)9(18)19/h4-5,7H,1-3H2,(H,18,19). The van der Waals surface area contributed by atoms with E-state index in [4.69, 9.17) is 5.11 Å². The van der Waals surface area contributed by atoms with Gasteiger partial charge in [0.25, 0.3) is 0 Å². The lowest BCUT2D eigenvalue weighted by molar-refractivity contribution is -0.186. The second-order valence-corrected chi connectivity index (χ2v) is 4.29. The number of carboxylic acid groups (broad SMARTS) is 1. The monoisotopic (exact) mass is 289 g/mol. The number of aromatic carboxylic acids is 1. The molecule has 1 saturated heterocycles. The molecule has 0 spiro atoms. The van der Waals surface area contributed by atoms with E-state index in [1.165, 1.54) is 0 Å². The van der Waals surface area contributed by atoms with Crippen LogP contribution in [0.3, 0.4) is 0 Å². The predicted molar refractivity (Wildman–Crippen MR) is 58.7 cm³/mol. The van der Waals surface area contributed by atoms with Gasteiger partial charge in [-0.05, 0) is 12.8 Å². The van der Waals surface area contributed by atoms with Crippen molar-refractivity contribution in [3.63, 3.8) is 0 Å². The van der Waals surface area contributed by atoms with Crippen molar-refractivity contribution < 1.29 is 27.9 Å². The number of rotatable bonds is 2. The molecular formula is C11H10F3N3O3. The van der Waals surface area contributed by atoms with Gasteiger partial charge in [0.1, 0.15) is 0 Å². The van der Waals surface area contributed by atoms with E-state index in [1.807, 2.05) is 0 Å². The number of aromatic nitrogens is 2. The third-order valence-corrected chi connectivity index (χ3v) is 2.97. The zero-order valence-electron chi connectivity index (χ0n) is 10.1. The Morgan fingerprint density at radius 3 is 2.40 bits per heavy atom. The maximum Gasteiger partial charge on any atom is 0.471 e. The number of alkyl halides is 3. The summed E-state index contributed by atoms with van der Waals surface area (Å²) in [5, 5.41) is 8.69. The SMILES string of the molecule is O=C(O)c1cnc(C2CCCN2C(=O)C(F)(F)F)nc1. The van der Waals surface area contributed by atoms with Crippen molar-refractivity contribution >= 4 is 11.9 Å². The molecule has 2 rings (SSSR count). The van der Waals surface area contributed by atoms with E-state index in [2.05, 4.69) is 9.97 Å². The van der Waals surface area contributed by atoms with Gasteiger partial charge < -0.3 is 10.0 Å². The molecule has 108 valence electrons. The Morgan fingerprint density at radius 1 is 1.30 bits per heavy atom. The number of hydrogen-bond donors (Lipinski definition) is 1. The van der Waals surface area contributed by atoms with Crippen LogP contribution in [0.4, 0.5) is 13.2 Å². The Kier molecular flexibility index (Phi) is 3.60. The highest BCUT2D eigenvalue weighted by Gasteiger charge is 2.46. The molecule has 2 heterocycles. The molecule has 1 N–H and O–H groups in total. The second-order valence-electron chi connectivity index (χ2n) is 4.29. The van der Waals surface area contributed by atoms with Crippen molar-refractivity contribution in [2.75, 3.05) is 6.54 Å². The number of likely N-dealkylation sites (tertiary alicyclic amines) is 1. The topological polar surface area (TPSA) is 83.4 Å². The van der Waals surface area contributed by atoms with Gasteiger partial charge in [0.15, 0.2) is 5.82 Å². The van der Waals surface area contributed by atoms with Crippen molar-refractivity contribution in [3.05, 3.63) is 23.8 Å². The van der Waals surface area contributed by atoms with Crippen LogP contribution in [0, 0.1) is 0 Å². The van der Waals surface area contributed by atoms with Gasteiger partial charge >= 0.3 is 18.1 Å². The van der Waals surface area contributed by atoms with Gasteiger partial charge in [-0.1, -0.05) is 0 Å². The first-order valence-corrected chi connectivity index (χ1v) is 5.73. The molecule has 20 heavy (non-hydrogen) atoms. The number of hydrogen-bond acceptors (Lipinski definition) is 4. The molecule has 9 heteroatoms. The molecule has 1 aliphatic rings. The quantitative estimate of drug-likeness (QED) is 0.889. The molecular weight excluding hydrogens is 279 g/mol. The molecule has 1 atom stereocenters. The van der Waals surface area contributed by atoms with Crippen molar-refractivity contribution in [2.24, 2.45) is 0 Å². The van der Waals surface area contributed by atoms with Crippen LogP contribution in [0.1, 0.15) is 35.1 Å². The summed E-state index contributed by atoms with van der Waals surface area (Å²) in [6.45, 7) is -0.0208. The average molecular weight is 289 g/mol. The van der Waals surface area contributed by atoms with Crippen LogP contribution in [-0.4, -0.2) is 44.6 Å². The lowest BCUT2D eigenvalue weighted by Gasteiger charge is -2.24. The smallest absolute Gasteiger partial charge is 0.471 e. The van der Waals surface area contributed by atoms with Gasteiger partial charge in [-0.15, -0.1) is 0 Å². The van der Waals surface area contributed by atoms with Gasteiger partial charge in [0.05, 0.1) is 11.6 Å². The highest BCUT2D eigenvalue weighted by atomic mass is 19.4. The van der Waals surface area contributed by atoms with Crippen LogP contribution in [0.25, 0.3) is 0 Å². The van der Waals surface area contributed by atoms with Crippen LogP contribution in [0.15, 0.2) is 12.4 Å². The molecule has 1 unspecified atom stereocenters. The number of carbonyl (C=O) groups excluding carboxylic acids is 1. The Balaban J connectivity index is 2.23. The molecule has 0 aliphatic carbocycles. The predicted octanol–water partition coefficient (Wildman–Crippen LogP) is 1.40. The molecule has 6 nitrogen and oxygen atoms in total. The lowest BCUT2D eigenvalue weighted by Crippen LogP contribution is -2.41. The highest BCUT2D eigenvalue weighted by Crippen LogP contribution is 2.33. The zero-order valence-corrected chi connectivity index (χ0v) is 10.1. The molecule has 0 radical (unpaired) electrons. The van der Waals surface area contributed by atoms with Crippen LogP contribution >= 0.6 is 0 Å². The third kappa shape index (κ3) is 2.70. The average Bonchev–Trinajstić information content (AvgIpc) is 2.85. The summed E-state index contributed by atoms with van der Waals surface area (Å²) in [5.41, 5.74) is -0.166. The Bertz CT molecular complexity index is 530. The van der Waals surface area contributed by atoms with E-state index in [-0.39, 0.29) is 17.9 Å². The molecule has 0 bridgehead atoms. The molecule has 1 aliphatic heterocycles.